The first-order chi connectivity index (χ1) is 12.5. The Bertz CT molecular complexity index is 783. The summed E-state index contributed by atoms with van der Waals surface area (Å²) >= 11 is 0. The van der Waals surface area contributed by atoms with Crippen LogP contribution in [0.1, 0.15) is 16.7 Å². The number of urea groups is 1. The van der Waals surface area contributed by atoms with E-state index in [0.29, 0.717) is 17.7 Å². The van der Waals surface area contributed by atoms with Gasteiger partial charge in [-0.1, -0.05) is 18.2 Å². The van der Waals surface area contributed by atoms with Crippen molar-refractivity contribution in [3.05, 3.63) is 65.0 Å². The molecule has 0 fully saturated rings. The van der Waals surface area contributed by atoms with Crippen molar-refractivity contribution in [1.82, 2.24) is 5.32 Å². The van der Waals surface area contributed by atoms with E-state index >= 15 is 0 Å². The Balaban J connectivity index is 2.07. The van der Waals surface area contributed by atoms with Gasteiger partial charge in [-0.15, -0.1) is 0 Å². The Morgan fingerprint density at radius 1 is 0.889 bits per heavy atom. The van der Waals surface area contributed by atoms with Crippen LogP contribution in [0.2, 0.25) is 0 Å². The number of benzene rings is 2. The van der Waals surface area contributed by atoms with Gasteiger partial charge in [0.1, 0.15) is 5.82 Å². The van der Waals surface area contributed by atoms with E-state index in [2.05, 4.69) is 5.32 Å². The number of hydrogen-bond donors (Lipinski definition) is 2. The van der Waals surface area contributed by atoms with Gasteiger partial charge >= 0.3 is 18.4 Å². The van der Waals surface area contributed by atoms with E-state index in [9.17, 15) is 35.5 Å². The SMILES string of the molecule is O=C(NCCc1ccccc1F)Nc1cc(C(F)(F)F)cc(C(F)(F)F)c1. The van der Waals surface area contributed by atoms with Crippen molar-refractivity contribution < 1.29 is 35.5 Å². The van der Waals surface area contributed by atoms with Crippen LogP contribution in [0.3, 0.4) is 0 Å². The first-order valence-corrected chi connectivity index (χ1v) is 7.54. The molecule has 0 heterocycles. The Morgan fingerprint density at radius 2 is 1.44 bits per heavy atom. The summed E-state index contributed by atoms with van der Waals surface area (Å²) in [7, 11) is 0. The van der Waals surface area contributed by atoms with Crippen LogP contribution in [0.25, 0.3) is 0 Å². The first kappa shape index (κ1) is 20.5. The summed E-state index contributed by atoms with van der Waals surface area (Å²) in [6.45, 7) is -0.0716. The highest BCUT2D eigenvalue weighted by Crippen LogP contribution is 2.37. The van der Waals surface area contributed by atoms with Crippen LogP contribution in [-0.4, -0.2) is 12.6 Å². The number of nitrogens with one attached hydrogen (secondary N) is 2. The first-order valence-electron chi connectivity index (χ1n) is 7.54. The molecule has 146 valence electrons. The summed E-state index contributed by atoms with van der Waals surface area (Å²) in [5.74, 6) is -0.493. The van der Waals surface area contributed by atoms with E-state index < -0.39 is 41.0 Å². The molecule has 0 bridgehead atoms. The van der Waals surface area contributed by atoms with Gasteiger partial charge in [-0.05, 0) is 36.2 Å². The lowest BCUT2D eigenvalue weighted by atomic mass is 10.1. The third-order valence-electron chi connectivity index (χ3n) is 3.48. The number of hydrogen-bond acceptors (Lipinski definition) is 1. The lowest BCUT2D eigenvalue weighted by molar-refractivity contribution is -0.143. The normalized spacial score (nSPS) is 12.0. The largest absolute Gasteiger partial charge is 0.416 e. The molecule has 0 aromatic heterocycles. The van der Waals surface area contributed by atoms with Gasteiger partial charge in [-0.3, -0.25) is 0 Å². The van der Waals surface area contributed by atoms with E-state index in [4.69, 9.17) is 0 Å². The molecule has 2 aromatic rings. The summed E-state index contributed by atoms with van der Waals surface area (Å²) in [6, 6.07) is 5.50. The smallest absolute Gasteiger partial charge is 0.338 e. The van der Waals surface area contributed by atoms with Crippen molar-refractivity contribution in [2.24, 2.45) is 0 Å². The van der Waals surface area contributed by atoms with Crippen LogP contribution in [0.4, 0.5) is 41.2 Å². The molecule has 2 rings (SSSR count). The van der Waals surface area contributed by atoms with Crippen molar-refractivity contribution in [1.29, 1.82) is 0 Å². The van der Waals surface area contributed by atoms with Crippen LogP contribution < -0.4 is 10.6 Å². The van der Waals surface area contributed by atoms with E-state index in [1.54, 1.807) is 6.07 Å². The van der Waals surface area contributed by atoms with Crippen LogP contribution in [0.5, 0.6) is 0 Å². The Hall–Kier alpha value is -2.78. The molecule has 2 aromatic carbocycles. The zero-order valence-electron chi connectivity index (χ0n) is 13.5. The highest BCUT2D eigenvalue weighted by atomic mass is 19.4. The standard InChI is InChI=1S/C17H13F7N2O/c18-14-4-2-1-3-10(14)5-6-25-15(27)26-13-8-11(16(19,20)21)7-12(9-13)17(22,23)24/h1-4,7-9H,5-6H2,(H2,25,26,27). The summed E-state index contributed by atoms with van der Waals surface area (Å²) in [5.41, 5.74) is -3.45. The fourth-order valence-electron chi connectivity index (χ4n) is 2.21. The molecule has 0 atom stereocenters. The predicted octanol–water partition coefficient (Wildman–Crippen LogP) is 5.23. The number of amides is 2. The van der Waals surface area contributed by atoms with Crippen molar-refractivity contribution >= 4 is 11.7 Å². The molecule has 10 heteroatoms. The van der Waals surface area contributed by atoms with Gasteiger partial charge in [-0.25, -0.2) is 9.18 Å². The van der Waals surface area contributed by atoms with Gasteiger partial charge < -0.3 is 10.6 Å². The minimum absolute atomic E-state index is 0.0404. The van der Waals surface area contributed by atoms with Crippen molar-refractivity contribution in [3.63, 3.8) is 0 Å². The van der Waals surface area contributed by atoms with E-state index in [1.165, 1.54) is 18.2 Å². The van der Waals surface area contributed by atoms with Crippen molar-refractivity contribution in [2.45, 2.75) is 18.8 Å². The highest BCUT2D eigenvalue weighted by molar-refractivity contribution is 5.89. The summed E-state index contributed by atoms with van der Waals surface area (Å²) in [5, 5.41) is 4.17. The Kier molecular flexibility index (Phi) is 5.97. The van der Waals surface area contributed by atoms with Crippen molar-refractivity contribution in [2.75, 3.05) is 11.9 Å². The number of rotatable bonds is 4. The monoisotopic (exact) mass is 394 g/mol. The molecule has 0 unspecified atom stereocenters. The Morgan fingerprint density at radius 3 is 1.96 bits per heavy atom. The summed E-state index contributed by atoms with van der Waals surface area (Å²) < 4.78 is 90.1. The quantitative estimate of drug-likeness (QED) is 0.686. The minimum atomic E-state index is -5.01. The van der Waals surface area contributed by atoms with Crippen LogP contribution in [0.15, 0.2) is 42.5 Å². The summed E-state index contributed by atoms with van der Waals surface area (Å²) in [6.07, 6.45) is -9.94. The molecule has 0 spiro atoms. The zero-order chi connectivity index (χ0) is 20.2. The molecule has 3 nitrogen and oxygen atoms in total. The summed E-state index contributed by atoms with van der Waals surface area (Å²) in [4.78, 5) is 11.7. The molecule has 27 heavy (non-hydrogen) atoms. The van der Waals surface area contributed by atoms with E-state index in [0.717, 1.165) is 0 Å². The van der Waals surface area contributed by atoms with Gasteiger partial charge in [0.25, 0.3) is 0 Å². The zero-order valence-corrected chi connectivity index (χ0v) is 13.5. The molecule has 0 aliphatic carbocycles. The highest BCUT2D eigenvalue weighted by Gasteiger charge is 2.37. The molecule has 0 saturated carbocycles. The molecule has 0 aliphatic rings. The van der Waals surface area contributed by atoms with Crippen LogP contribution in [0, 0.1) is 5.82 Å². The number of carbonyl (C=O) groups excluding carboxylic acids is 1. The van der Waals surface area contributed by atoms with Crippen LogP contribution >= 0.6 is 0 Å². The maximum absolute atomic E-state index is 13.4. The fourth-order valence-corrected chi connectivity index (χ4v) is 2.21. The molecule has 0 radical (unpaired) electrons. The molecule has 2 N–H and O–H groups in total. The average molecular weight is 394 g/mol. The van der Waals surface area contributed by atoms with E-state index in [-0.39, 0.29) is 19.0 Å². The van der Waals surface area contributed by atoms with Crippen LogP contribution in [-0.2, 0) is 18.8 Å². The van der Waals surface area contributed by atoms with Gasteiger partial charge in [0, 0.05) is 12.2 Å². The van der Waals surface area contributed by atoms with Gasteiger partial charge in [0.05, 0.1) is 11.1 Å². The maximum atomic E-state index is 13.4. The molecular weight excluding hydrogens is 381 g/mol. The number of carbonyl (C=O) groups is 1. The topological polar surface area (TPSA) is 41.1 Å². The van der Waals surface area contributed by atoms with Gasteiger partial charge in [0.15, 0.2) is 0 Å². The lowest BCUT2D eigenvalue weighted by Crippen LogP contribution is -2.30. The maximum Gasteiger partial charge on any atom is 0.416 e. The Labute approximate surface area is 149 Å². The fraction of sp³-hybridized carbons (Fsp3) is 0.235. The average Bonchev–Trinajstić information content (AvgIpc) is 2.54. The molecule has 2 amide bonds. The van der Waals surface area contributed by atoms with Gasteiger partial charge in [-0.2, -0.15) is 26.3 Å². The lowest BCUT2D eigenvalue weighted by Gasteiger charge is -2.15. The number of anilines is 1. The van der Waals surface area contributed by atoms with E-state index in [1.807, 2.05) is 5.32 Å². The second-order valence-corrected chi connectivity index (χ2v) is 5.52. The minimum Gasteiger partial charge on any atom is -0.338 e. The molecular formula is C17H13F7N2O. The third kappa shape index (κ3) is 5.87. The van der Waals surface area contributed by atoms with Crippen molar-refractivity contribution in [3.8, 4) is 0 Å². The third-order valence-corrected chi connectivity index (χ3v) is 3.48. The second kappa shape index (κ2) is 7.85. The molecule has 0 aliphatic heterocycles. The van der Waals surface area contributed by atoms with Gasteiger partial charge in [0.2, 0.25) is 0 Å². The number of halogens is 7. The second-order valence-electron chi connectivity index (χ2n) is 5.52. The number of alkyl halides is 6. The molecule has 0 saturated heterocycles. The predicted molar refractivity (Wildman–Crippen MR) is 83.6 cm³/mol.